The van der Waals surface area contributed by atoms with Gasteiger partial charge in [0.2, 0.25) is 0 Å². The van der Waals surface area contributed by atoms with E-state index >= 15 is 0 Å². The molecule has 142 valence electrons. The van der Waals surface area contributed by atoms with Crippen molar-refractivity contribution in [3.8, 4) is 17.1 Å². The maximum Gasteiger partial charge on any atom is 0.563 e. The van der Waals surface area contributed by atoms with Crippen molar-refractivity contribution in [2.75, 3.05) is 0 Å². The van der Waals surface area contributed by atoms with Crippen LogP contribution in [0.3, 0.4) is 0 Å². The van der Waals surface area contributed by atoms with Gasteiger partial charge in [-0.05, 0) is 43.6 Å². The molecule has 1 aromatic heterocycles. The van der Waals surface area contributed by atoms with E-state index in [1.807, 2.05) is 62.4 Å². The molecule has 1 saturated heterocycles. The predicted octanol–water partition coefficient (Wildman–Crippen LogP) is 4.73. The quantitative estimate of drug-likeness (QED) is 0.483. The molecule has 1 fully saturated rings. The van der Waals surface area contributed by atoms with Crippen LogP contribution >= 0.6 is 0 Å². The highest BCUT2D eigenvalue weighted by molar-refractivity contribution is 6.62. The summed E-state index contributed by atoms with van der Waals surface area (Å²) in [6.45, 7) is 7.89. The van der Waals surface area contributed by atoms with E-state index in [-0.39, 0.29) is 0 Å². The molecular formula is C24H21BN2O2. The second kappa shape index (κ2) is 6.64. The molecule has 4 nitrogen and oxygen atoms in total. The first-order valence-electron chi connectivity index (χ1n) is 9.70. The topological polar surface area (TPSA) is 36.3 Å². The van der Waals surface area contributed by atoms with E-state index in [9.17, 15) is 0 Å². The van der Waals surface area contributed by atoms with Gasteiger partial charge in [0.15, 0.2) is 0 Å². The Bertz CT molecular complexity index is 1200. The third-order valence-corrected chi connectivity index (χ3v) is 5.34. The van der Waals surface area contributed by atoms with E-state index in [1.165, 1.54) is 0 Å². The Labute approximate surface area is 170 Å². The van der Waals surface area contributed by atoms with Gasteiger partial charge in [-0.3, -0.25) is 4.57 Å². The van der Waals surface area contributed by atoms with Crippen LogP contribution in [0, 0.1) is 0 Å². The Hall–Kier alpha value is -3.31. The molecule has 3 aromatic carbocycles. The first kappa shape index (κ1) is 17.8. The molecule has 0 radical (unpaired) electrons. The predicted molar refractivity (Wildman–Crippen MR) is 117 cm³/mol. The lowest BCUT2D eigenvalue weighted by Gasteiger charge is -2.15. The number of rotatable bonds is 3. The van der Waals surface area contributed by atoms with Crippen molar-refractivity contribution in [2.24, 2.45) is 0 Å². The summed E-state index contributed by atoms with van der Waals surface area (Å²) in [5, 5.41) is 0. The zero-order valence-electron chi connectivity index (χ0n) is 16.5. The maximum absolute atomic E-state index is 6.00. The van der Waals surface area contributed by atoms with E-state index in [0.717, 1.165) is 33.6 Å². The van der Waals surface area contributed by atoms with Gasteiger partial charge < -0.3 is 9.31 Å². The van der Waals surface area contributed by atoms with Gasteiger partial charge in [0.05, 0.1) is 16.8 Å². The average Bonchev–Trinajstić information content (AvgIpc) is 3.26. The lowest BCUT2D eigenvalue weighted by molar-refractivity contribution is 0.173. The number of hydrogen-bond donors (Lipinski definition) is 0. The molecule has 1 aliphatic rings. The zero-order valence-corrected chi connectivity index (χ0v) is 16.5. The van der Waals surface area contributed by atoms with E-state index in [0.29, 0.717) is 5.76 Å². The van der Waals surface area contributed by atoms with Crippen LogP contribution in [0.4, 0.5) is 0 Å². The summed E-state index contributed by atoms with van der Waals surface area (Å²) in [4.78, 5) is 4.89. The van der Waals surface area contributed by atoms with Crippen LogP contribution in [0.1, 0.15) is 13.8 Å². The zero-order chi connectivity index (χ0) is 20.0. The number of imidazole rings is 1. The van der Waals surface area contributed by atoms with Crippen molar-refractivity contribution in [2.45, 2.75) is 19.4 Å². The standard InChI is InChI=1S/C24H21BN2O2/c1-17-24(2,3)29-25(28-17)19-13-15-20(16-14-19)27-22-12-8-7-11-21(22)26-23(27)18-9-5-4-6-10-18/h4-16H,1H2,2-3H3. The normalized spacial score (nSPS) is 15.7. The molecule has 1 aliphatic heterocycles. The van der Waals surface area contributed by atoms with Crippen LogP contribution in [-0.4, -0.2) is 22.3 Å². The van der Waals surface area contributed by atoms with Gasteiger partial charge in [-0.25, -0.2) is 4.98 Å². The van der Waals surface area contributed by atoms with E-state index in [4.69, 9.17) is 14.3 Å². The number of hydrogen-bond acceptors (Lipinski definition) is 3. The van der Waals surface area contributed by atoms with Gasteiger partial charge in [-0.15, -0.1) is 0 Å². The SMILES string of the molecule is C=C1OB(c2ccc(-n3c(-c4ccccc4)nc4ccccc43)cc2)OC1(C)C. The van der Waals surface area contributed by atoms with Crippen LogP contribution in [0.25, 0.3) is 28.1 Å². The van der Waals surface area contributed by atoms with Gasteiger partial charge >= 0.3 is 7.12 Å². The van der Waals surface area contributed by atoms with Gasteiger partial charge in [0.25, 0.3) is 0 Å². The van der Waals surface area contributed by atoms with Gasteiger partial charge in [0.1, 0.15) is 11.4 Å². The molecule has 4 aromatic rings. The fourth-order valence-electron chi connectivity index (χ4n) is 3.61. The molecule has 0 atom stereocenters. The summed E-state index contributed by atoms with van der Waals surface area (Å²) in [6, 6.07) is 26.7. The molecule has 0 amide bonds. The van der Waals surface area contributed by atoms with Crippen molar-refractivity contribution in [3.63, 3.8) is 0 Å². The van der Waals surface area contributed by atoms with Crippen LogP contribution in [0.2, 0.25) is 0 Å². The highest BCUT2D eigenvalue weighted by atomic mass is 16.7. The second-order valence-corrected chi connectivity index (χ2v) is 7.72. The van der Waals surface area contributed by atoms with E-state index in [1.54, 1.807) is 0 Å². The molecule has 0 bridgehead atoms. The van der Waals surface area contributed by atoms with Crippen LogP contribution in [0.15, 0.2) is 91.2 Å². The lowest BCUT2D eigenvalue weighted by Crippen LogP contribution is -2.34. The summed E-state index contributed by atoms with van der Waals surface area (Å²) in [5.41, 5.74) is 4.64. The molecule has 0 N–H and O–H groups in total. The maximum atomic E-state index is 6.00. The van der Waals surface area contributed by atoms with Gasteiger partial charge in [-0.1, -0.05) is 61.2 Å². The van der Waals surface area contributed by atoms with Gasteiger partial charge in [0, 0.05) is 11.3 Å². The molecule has 0 saturated carbocycles. The lowest BCUT2D eigenvalue weighted by atomic mass is 9.79. The third kappa shape index (κ3) is 3.04. The average molecular weight is 380 g/mol. The Kier molecular flexibility index (Phi) is 4.07. The summed E-state index contributed by atoms with van der Waals surface area (Å²) in [6.07, 6.45) is 0. The van der Waals surface area contributed by atoms with E-state index in [2.05, 4.69) is 41.5 Å². The fourth-order valence-corrected chi connectivity index (χ4v) is 3.61. The molecule has 0 unspecified atom stereocenters. The largest absolute Gasteiger partial charge is 0.563 e. The number of aromatic nitrogens is 2. The Morgan fingerprint density at radius 3 is 2.28 bits per heavy atom. The van der Waals surface area contributed by atoms with Crippen molar-refractivity contribution in [1.82, 2.24) is 9.55 Å². The third-order valence-electron chi connectivity index (χ3n) is 5.34. The second-order valence-electron chi connectivity index (χ2n) is 7.72. The highest BCUT2D eigenvalue weighted by Gasteiger charge is 2.42. The van der Waals surface area contributed by atoms with Crippen LogP contribution < -0.4 is 5.46 Å². The number of fused-ring (bicyclic) bond motifs is 1. The van der Waals surface area contributed by atoms with Gasteiger partial charge in [-0.2, -0.15) is 0 Å². The fraction of sp³-hybridized carbons (Fsp3) is 0.125. The molecule has 5 rings (SSSR count). The summed E-state index contributed by atoms with van der Waals surface area (Å²) in [7, 11) is -0.431. The molecule has 5 heteroatoms. The number of benzene rings is 3. The van der Waals surface area contributed by atoms with Crippen LogP contribution in [0.5, 0.6) is 0 Å². The molecular weight excluding hydrogens is 359 g/mol. The Morgan fingerprint density at radius 2 is 1.59 bits per heavy atom. The number of nitrogens with zero attached hydrogens (tertiary/aromatic N) is 2. The minimum atomic E-state index is -0.482. The van der Waals surface area contributed by atoms with Crippen molar-refractivity contribution in [3.05, 3.63) is 91.2 Å². The Morgan fingerprint density at radius 1 is 0.897 bits per heavy atom. The monoisotopic (exact) mass is 380 g/mol. The Balaban J connectivity index is 1.59. The summed E-state index contributed by atoms with van der Waals surface area (Å²) >= 11 is 0. The minimum Gasteiger partial charge on any atom is -0.534 e. The molecule has 2 heterocycles. The highest BCUT2D eigenvalue weighted by Crippen LogP contribution is 2.30. The van der Waals surface area contributed by atoms with E-state index < -0.39 is 12.7 Å². The number of para-hydroxylation sites is 2. The first-order chi connectivity index (χ1) is 14.0. The molecule has 0 aliphatic carbocycles. The van der Waals surface area contributed by atoms with Crippen LogP contribution in [-0.2, 0) is 9.31 Å². The van der Waals surface area contributed by atoms with Crippen molar-refractivity contribution in [1.29, 1.82) is 0 Å². The molecule has 0 spiro atoms. The first-order valence-corrected chi connectivity index (χ1v) is 9.70. The molecule has 29 heavy (non-hydrogen) atoms. The minimum absolute atomic E-state index is 0.431. The summed E-state index contributed by atoms with van der Waals surface area (Å²) in [5.74, 6) is 1.57. The van der Waals surface area contributed by atoms with Crippen molar-refractivity contribution < 1.29 is 9.31 Å². The van der Waals surface area contributed by atoms with Crippen molar-refractivity contribution >= 4 is 23.6 Å². The summed E-state index contributed by atoms with van der Waals surface area (Å²) < 4.78 is 14.0. The smallest absolute Gasteiger partial charge is 0.534 e.